The molecule has 2 saturated heterocycles. The van der Waals surface area contributed by atoms with Gasteiger partial charge in [0.25, 0.3) is 5.17 Å². The van der Waals surface area contributed by atoms with Gasteiger partial charge in [-0.05, 0) is 45.1 Å². The van der Waals surface area contributed by atoms with E-state index in [-0.39, 0.29) is 17.4 Å². The highest BCUT2D eigenvalue weighted by molar-refractivity contribution is 7.80. The quantitative estimate of drug-likeness (QED) is 0.689. The van der Waals surface area contributed by atoms with Crippen LogP contribution in [0.15, 0.2) is 18.3 Å². The second-order valence-electron chi connectivity index (χ2n) is 8.32. The lowest BCUT2D eigenvalue weighted by molar-refractivity contribution is 0.0240. The van der Waals surface area contributed by atoms with Gasteiger partial charge in [0.1, 0.15) is 17.5 Å². The molecule has 2 aliphatic heterocycles. The molecule has 11 heteroatoms. The van der Waals surface area contributed by atoms with Gasteiger partial charge in [-0.2, -0.15) is 0 Å². The number of anilines is 2. The van der Waals surface area contributed by atoms with E-state index < -0.39 is 11.7 Å². The predicted molar refractivity (Wildman–Crippen MR) is 119 cm³/mol. The van der Waals surface area contributed by atoms with Crippen molar-refractivity contribution in [2.45, 2.75) is 32.5 Å². The molecular weight excluding hydrogens is 422 g/mol. The highest BCUT2D eigenvalue weighted by Crippen LogP contribution is 2.23. The van der Waals surface area contributed by atoms with Crippen LogP contribution in [0.2, 0.25) is 0 Å². The molecule has 1 aromatic heterocycles. The maximum Gasteiger partial charge on any atom is 0.414 e. The molecule has 170 valence electrons. The van der Waals surface area contributed by atoms with Crippen LogP contribution >= 0.6 is 12.2 Å². The van der Waals surface area contributed by atoms with Gasteiger partial charge in [-0.1, -0.05) is 0 Å². The molecule has 10 nitrogen and oxygen atoms in total. The number of aromatic nitrogens is 1. The Bertz CT molecular complexity index is 805. The Kier molecular flexibility index (Phi) is 7.04. The second-order valence-corrected chi connectivity index (χ2v) is 8.69. The van der Waals surface area contributed by atoms with E-state index in [1.807, 2.05) is 32.9 Å². The highest BCUT2D eigenvalue weighted by Gasteiger charge is 2.33. The van der Waals surface area contributed by atoms with E-state index in [9.17, 15) is 9.59 Å². The third-order valence-corrected chi connectivity index (χ3v) is 5.14. The summed E-state index contributed by atoms with van der Waals surface area (Å²) in [6, 6.07) is 3.72. The number of cyclic esters (lactones) is 1. The van der Waals surface area contributed by atoms with Crippen LogP contribution in [0.1, 0.15) is 20.8 Å². The molecule has 0 unspecified atom stereocenters. The molecule has 0 spiro atoms. The first-order chi connectivity index (χ1) is 14.7. The number of thiocarbonyl (C=S) groups is 1. The smallest absolute Gasteiger partial charge is 0.414 e. The van der Waals surface area contributed by atoms with Gasteiger partial charge in [-0.25, -0.2) is 14.6 Å². The summed E-state index contributed by atoms with van der Waals surface area (Å²) in [4.78, 5) is 34.3. The lowest BCUT2D eigenvalue weighted by Crippen LogP contribution is -2.50. The fourth-order valence-electron chi connectivity index (χ4n) is 3.28. The number of rotatable bonds is 4. The van der Waals surface area contributed by atoms with E-state index in [2.05, 4.69) is 15.2 Å². The van der Waals surface area contributed by atoms with Crippen LogP contribution in [0.5, 0.6) is 0 Å². The van der Waals surface area contributed by atoms with Crippen molar-refractivity contribution in [1.82, 2.24) is 15.2 Å². The highest BCUT2D eigenvalue weighted by atomic mass is 32.1. The van der Waals surface area contributed by atoms with E-state index in [1.54, 1.807) is 16.0 Å². The summed E-state index contributed by atoms with van der Waals surface area (Å²) in [6.45, 7) is 8.79. The summed E-state index contributed by atoms with van der Waals surface area (Å²) in [5.74, 6) is 0.795. The van der Waals surface area contributed by atoms with Crippen molar-refractivity contribution < 1.29 is 23.8 Å². The molecule has 2 fully saturated rings. The van der Waals surface area contributed by atoms with Gasteiger partial charge >= 0.3 is 12.2 Å². The minimum Gasteiger partial charge on any atom is -0.474 e. The number of carbonyl (C=O) groups excluding carboxylic acids is 2. The van der Waals surface area contributed by atoms with Crippen molar-refractivity contribution in [2.24, 2.45) is 0 Å². The number of methoxy groups -OCH3 is 1. The number of hydrogen-bond donors (Lipinski definition) is 1. The molecule has 0 radical (unpaired) electrons. The zero-order chi connectivity index (χ0) is 22.6. The molecule has 1 atom stereocenters. The van der Waals surface area contributed by atoms with Crippen molar-refractivity contribution in [3.05, 3.63) is 18.3 Å². The van der Waals surface area contributed by atoms with Crippen LogP contribution in [-0.2, 0) is 14.2 Å². The molecule has 0 aromatic carbocycles. The first-order valence-electron chi connectivity index (χ1n) is 10.1. The summed E-state index contributed by atoms with van der Waals surface area (Å²) < 4.78 is 15.7. The Labute approximate surface area is 187 Å². The van der Waals surface area contributed by atoms with Crippen LogP contribution in [0, 0.1) is 0 Å². The van der Waals surface area contributed by atoms with E-state index in [1.165, 1.54) is 7.11 Å². The topological polar surface area (TPSA) is 96.5 Å². The number of pyridine rings is 1. The maximum atomic E-state index is 12.2. The molecular formula is C20H29N5O5S. The van der Waals surface area contributed by atoms with Crippen LogP contribution < -0.4 is 15.1 Å². The molecule has 2 aliphatic rings. The fraction of sp³-hybridized carbons (Fsp3) is 0.600. The van der Waals surface area contributed by atoms with Gasteiger partial charge < -0.3 is 29.3 Å². The number of nitrogens with zero attached hydrogens (tertiary/aromatic N) is 4. The second kappa shape index (κ2) is 9.54. The first kappa shape index (κ1) is 22.9. The Morgan fingerprint density at radius 3 is 2.58 bits per heavy atom. The van der Waals surface area contributed by atoms with Crippen molar-refractivity contribution in [2.75, 3.05) is 56.2 Å². The number of piperazine rings is 1. The molecule has 0 saturated carbocycles. The van der Waals surface area contributed by atoms with Crippen molar-refractivity contribution in [3.63, 3.8) is 0 Å². The Hall–Kier alpha value is -2.82. The fourth-order valence-corrected chi connectivity index (χ4v) is 3.36. The van der Waals surface area contributed by atoms with Gasteiger partial charge in [0.15, 0.2) is 0 Å². The summed E-state index contributed by atoms with van der Waals surface area (Å²) in [5.41, 5.74) is 0.158. The number of amides is 2. The Morgan fingerprint density at radius 1 is 1.29 bits per heavy atom. The van der Waals surface area contributed by atoms with E-state index in [4.69, 9.17) is 26.4 Å². The third kappa shape index (κ3) is 6.09. The number of nitrogens with one attached hydrogen (secondary N) is 1. The summed E-state index contributed by atoms with van der Waals surface area (Å²) >= 11 is 4.93. The molecule has 3 heterocycles. The summed E-state index contributed by atoms with van der Waals surface area (Å²) in [6.07, 6.45) is 0.613. The third-order valence-electron chi connectivity index (χ3n) is 4.83. The van der Waals surface area contributed by atoms with Crippen LogP contribution in [0.3, 0.4) is 0 Å². The number of ether oxygens (including phenoxy) is 3. The SMILES string of the molecule is COC(=S)NC[C@H]1CN(c2ccc(N3CCN(C(=O)OC(C)(C)C)CC3)nc2)C(=O)O1. The predicted octanol–water partition coefficient (Wildman–Crippen LogP) is 1.98. The molecule has 0 bridgehead atoms. The number of hydrogen-bond acceptors (Lipinski definition) is 8. The lowest BCUT2D eigenvalue weighted by Gasteiger charge is -2.36. The zero-order valence-electron chi connectivity index (χ0n) is 18.3. The van der Waals surface area contributed by atoms with Gasteiger partial charge in [0.2, 0.25) is 0 Å². The Morgan fingerprint density at radius 2 is 2.00 bits per heavy atom. The van der Waals surface area contributed by atoms with Crippen molar-refractivity contribution in [1.29, 1.82) is 0 Å². The molecule has 3 rings (SSSR count). The minimum absolute atomic E-state index is 0.257. The van der Waals surface area contributed by atoms with E-state index >= 15 is 0 Å². The number of carbonyl (C=O) groups is 2. The summed E-state index contributed by atoms with van der Waals surface area (Å²) in [7, 11) is 1.48. The largest absolute Gasteiger partial charge is 0.474 e. The zero-order valence-corrected chi connectivity index (χ0v) is 19.1. The average molecular weight is 452 g/mol. The molecule has 2 amide bonds. The van der Waals surface area contributed by atoms with Crippen LogP contribution in [-0.4, -0.2) is 85.3 Å². The standard InChI is InChI=1S/C20H29N5O5S/c1-20(2,3)30-18(26)24-9-7-23(8-10-24)16-6-5-14(11-21-16)25-13-15(29-19(25)27)12-22-17(31)28-4/h5-6,11,15H,7-10,12-13H2,1-4H3,(H,22,31)/t15-/m0/s1. The summed E-state index contributed by atoms with van der Waals surface area (Å²) in [5, 5.41) is 3.15. The molecule has 1 N–H and O–H groups in total. The normalized spacial score (nSPS) is 19.2. The van der Waals surface area contributed by atoms with Crippen LogP contribution in [0.4, 0.5) is 21.1 Å². The average Bonchev–Trinajstić information content (AvgIpc) is 3.11. The van der Waals surface area contributed by atoms with Gasteiger partial charge in [-0.3, -0.25) is 4.90 Å². The maximum absolute atomic E-state index is 12.2. The molecule has 1 aromatic rings. The van der Waals surface area contributed by atoms with Gasteiger partial charge in [0.05, 0.1) is 32.1 Å². The Balaban J connectivity index is 1.52. The lowest BCUT2D eigenvalue weighted by atomic mass is 10.2. The first-order valence-corrected chi connectivity index (χ1v) is 10.6. The van der Waals surface area contributed by atoms with E-state index in [0.717, 1.165) is 5.82 Å². The molecule has 31 heavy (non-hydrogen) atoms. The van der Waals surface area contributed by atoms with Gasteiger partial charge in [0, 0.05) is 26.2 Å². The minimum atomic E-state index is -0.507. The molecule has 0 aliphatic carbocycles. The van der Waals surface area contributed by atoms with Crippen molar-refractivity contribution in [3.8, 4) is 0 Å². The monoisotopic (exact) mass is 451 g/mol. The van der Waals surface area contributed by atoms with Crippen LogP contribution in [0.25, 0.3) is 0 Å². The van der Waals surface area contributed by atoms with E-state index in [0.29, 0.717) is 45.0 Å². The van der Waals surface area contributed by atoms with Crippen molar-refractivity contribution >= 4 is 41.1 Å². The van der Waals surface area contributed by atoms with Gasteiger partial charge in [-0.15, -0.1) is 0 Å².